The summed E-state index contributed by atoms with van der Waals surface area (Å²) >= 11 is 1.58. The van der Waals surface area contributed by atoms with Crippen molar-refractivity contribution in [2.24, 2.45) is 11.1 Å². The molecule has 2 bridgehead atoms. The molecule has 0 aromatic carbocycles. The lowest BCUT2D eigenvalue weighted by atomic mass is 9.90. The van der Waals surface area contributed by atoms with Crippen molar-refractivity contribution in [1.82, 2.24) is 4.90 Å². The normalized spacial score (nSPS) is 42.0. The summed E-state index contributed by atoms with van der Waals surface area (Å²) in [4.78, 5) is 2.63. The molecule has 12 heavy (non-hydrogen) atoms. The maximum atomic E-state index is 5.64. The minimum atomic E-state index is 0.741. The molecular formula is C9H18N2S. The Balaban J connectivity index is 1.98. The smallest absolute Gasteiger partial charge is 0.0208 e. The molecule has 1 heterocycles. The van der Waals surface area contributed by atoms with Gasteiger partial charge in [-0.25, -0.2) is 0 Å². The van der Waals surface area contributed by atoms with E-state index in [1.54, 1.807) is 11.9 Å². The molecule has 2 fully saturated rings. The van der Waals surface area contributed by atoms with Gasteiger partial charge in [-0.3, -0.25) is 5.14 Å². The number of nitrogens with zero attached hydrogens (tertiary/aromatic N) is 1. The van der Waals surface area contributed by atoms with Crippen molar-refractivity contribution >= 4 is 11.9 Å². The first-order valence-corrected chi connectivity index (χ1v) is 5.87. The van der Waals surface area contributed by atoms with E-state index in [0.717, 1.165) is 17.2 Å². The van der Waals surface area contributed by atoms with Gasteiger partial charge in [-0.05, 0) is 31.7 Å². The Morgan fingerprint density at radius 3 is 2.92 bits per heavy atom. The van der Waals surface area contributed by atoms with Gasteiger partial charge >= 0.3 is 0 Å². The first-order valence-electron chi connectivity index (χ1n) is 4.93. The Hall–Kier alpha value is 0.270. The lowest BCUT2D eigenvalue weighted by Gasteiger charge is -2.27. The average molecular weight is 186 g/mol. The summed E-state index contributed by atoms with van der Waals surface area (Å²) in [6, 6.07) is 0.856. The summed E-state index contributed by atoms with van der Waals surface area (Å²) in [5.74, 6) is 0.949. The second kappa shape index (κ2) is 3.56. The van der Waals surface area contributed by atoms with Crippen molar-refractivity contribution in [2.45, 2.75) is 37.5 Å². The van der Waals surface area contributed by atoms with Crippen LogP contribution in [0, 0.1) is 5.92 Å². The number of fused-ring (bicyclic) bond motifs is 2. The molecule has 2 aliphatic rings. The van der Waals surface area contributed by atoms with Crippen molar-refractivity contribution in [3.05, 3.63) is 0 Å². The van der Waals surface area contributed by atoms with Crippen molar-refractivity contribution in [1.29, 1.82) is 0 Å². The minimum Gasteiger partial charge on any atom is -0.300 e. The van der Waals surface area contributed by atoms with Gasteiger partial charge in [0.1, 0.15) is 0 Å². The molecule has 1 aliphatic heterocycles. The largest absolute Gasteiger partial charge is 0.300 e. The van der Waals surface area contributed by atoms with Gasteiger partial charge in [-0.15, -0.1) is 0 Å². The van der Waals surface area contributed by atoms with Gasteiger partial charge in [0.2, 0.25) is 0 Å². The van der Waals surface area contributed by atoms with Gasteiger partial charge in [-0.1, -0.05) is 18.9 Å². The summed E-state index contributed by atoms with van der Waals surface area (Å²) in [5, 5.41) is 6.38. The number of hydrogen-bond acceptors (Lipinski definition) is 3. The minimum absolute atomic E-state index is 0.741. The van der Waals surface area contributed by atoms with Crippen molar-refractivity contribution in [2.75, 3.05) is 13.1 Å². The van der Waals surface area contributed by atoms with E-state index >= 15 is 0 Å². The Morgan fingerprint density at radius 2 is 2.25 bits per heavy atom. The number of nitrogens with two attached hydrogens (primary N) is 1. The summed E-state index contributed by atoms with van der Waals surface area (Å²) in [5.41, 5.74) is 0. The molecule has 0 aromatic rings. The van der Waals surface area contributed by atoms with E-state index in [0.29, 0.717) is 0 Å². The fourth-order valence-electron chi connectivity index (χ4n) is 2.78. The van der Waals surface area contributed by atoms with Crippen LogP contribution in [0.25, 0.3) is 0 Å². The van der Waals surface area contributed by atoms with Crippen molar-refractivity contribution < 1.29 is 0 Å². The summed E-state index contributed by atoms with van der Waals surface area (Å²) < 4.78 is 0. The Bertz CT molecular complexity index is 161. The quantitative estimate of drug-likeness (QED) is 0.662. The molecule has 1 saturated carbocycles. The highest BCUT2D eigenvalue weighted by atomic mass is 32.2. The average Bonchev–Trinajstić information content (AvgIpc) is 2.40. The molecule has 0 amide bonds. The molecule has 0 radical (unpaired) electrons. The Morgan fingerprint density at radius 1 is 1.42 bits per heavy atom. The molecular weight excluding hydrogens is 168 g/mol. The van der Waals surface area contributed by atoms with Crippen LogP contribution in [0.15, 0.2) is 0 Å². The molecule has 0 aromatic heterocycles. The topological polar surface area (TPSA) is 29.3 Å². The molecule has 2 N–H and O–H groups in total. The van der Waals surface area contributed by atoms with E-state index in [4.69, 9.17) is 5.14 Å². The first kappa shape index (κ1) is 8.85. The van der Waals surface area contributed by atoms with Crippen LogP contribution in [0.3, 0.4) is 0 Å². The summed E-state index contributed by atoms with van der Waals surface area (Å²) in [6.45, 7) is 4.83. The second-order valence-electron chi connectivity index (χ2n) is 4.07. The van der Waals surface area contributed by atoms with Crippen LogP contribution >= 0.6 is 11.9 Å². The van der Waals surface area contributed by atoms with Crippen molar-refractivity contribution in [3.63, 3.8) is 0 Å². The number of hydrogen-bond donors (Lipinski definition) is 1. The van der Waals surface area contributed by atoms with Gasteiger partial charge < -0.3 is 4.90 Å². The van der Waals surface area contributed by atoms with Crippen molar-refractivity contribution in [3.8, 4) is 0 Å². The predicted molar refractivity (Wildman–Crippen MR) is 53.9 cm³/mol. The maximum Gasteiger partial charge on any atom is 0.0208 e. The third-order valence-electron chi connectivity index (χ3n) is 3.34. The van der Waals surface area contributed by atoms with Gasteiger partial charge in [0.05, 0.1) is 0 Å². The molecule has 2 rings (SSSR count). The molecule has 3 atom stereocenters. The van der Waals surface area contributed by atoms with E-state index in [-0.39, 0.29) is 0 Å². The second-order valence-corrected chi connectivity index (χ2v) is 5.01. The molecule has 2 nitrogen and oxygen atoms in total. The SMILES string of the molecule is CCN1CC2CC(SN)CC1C2. The molecule has 3 heteroatoms. The fourth-order valence-corrected chi connectivity index (χ4v) is 3.49. The molecule has 1 saturated heterocycles. The van der Waals surface area contributed by atoms with Crippen LogP contribution in [-0.4, -0.2) is 29.3 Å². The Labute approximate surface area is 79.0 Å². The Kier molecular flexibility index (Phi) is 2.63. The zero-order chi connectivity index (χ0) is 8.55. The van der Waals surface area contributed by atoms with Gasteiger partial charge in [0, 0.05) is 17.8 Å². The van der Waals surface area contributed by atoms with Gasteiger partial charge in [0.25, 0.3) is 0 Å². The zero-order valence-electron chi connectivity index (χ0n) is 7.70. The fraction of sp³-hybridized carbons (Fsp3) is 1.00. The third-order valence-corrected chi connectivity index (χ3v) is 4.11. The van der Waals surface area contributed by atoms with Crippen LogP contribution in [0.1, 0.15) is 26.2 Å². The van der Waals surface area contributed by atoms with E-state index in [2.05, 4.69) is 11.8 Å². The lowest BCUT2D eigenvalue weighted by Crippen LogP contribution is -2.31. The lowest BCUT2D eigenvalue weighted by molar-refractivity contribution is 0.259. The maximum absolute atomic E-state index is 5.64. The standard InChI is InChI=1S/C9H18N2S/c1-2-11-6-7-3-8(11)5-9(4-7)12-10/h7-9H,2-6,10H2,1H3. The number of rotatable bonds is 2. The van der Waals surface area contributed by atoms with Gasteiger partial charge in [-0.2, -0.15) is 0 Å². The summed E-state index contributed by atoms with van der Waals surface area (Å²) in [7, 11) is 0. The monoisotopic (exact) mass is 186 g/mol. The molecule has 70 valence electrons. The van der Waals surface area contributed by atoms with E-state index in [1.807, 2.05) is 0 Å². The van der Waals surface area contributed by atoms with Crippen LogP contribution in [-0.2, 0) is 0 Å². The zero-order valence-corrected chi connectivity index (χ0v) is 8.52. The third kappa shape index (κ3) is 1.50. The predicted octanol–water partition coefficient (Wildman–Crippen LogP) is 1.47. The molecule has 1 aliphatic carbocycles. The van der Waals surface area contributed by atoms with Crippen LogP contribution in [0.5, 0.6) is 0 Å². The van der Waals surface area contributed by atoms with E-state index in [1.165, 1.54) is 32.4 Å². The highest BCUT2D eigenvalue weighted by Gasteiger charge is 2.38. The summed E-state index contributed by atoms with van der Waals surface area (Å²) in [6.07, 6.45) is 4.12. The van der Waals surface area contributed by atoms with Gasteiger partial charge in [0.15, 0.2) is 0 Å². The number of likely N-dealkylation sites (tertiary alicyclic amines) is 1. The highest BCUT2D eigenvalue weighted by Crippen LogP contribution is 2.38. The molecule has 3 unspecified atom stereocenters. The highest BCUT2D eigenvalue weighted by molar-refractivity contribution is 7.97. The van der Waals surface area contributed by atoms with E-state index < -0.39 is 0 Å². The molecule has 0 spiro atoms. The first-order chi connectivity index (χ1) is 5.83. The van der Waals surface area contributed by atoms with Crippen LogP contribution < -0.4 is 5.14 Å². The van der Waals surface area contributed by atoms with Crippen LogP contribution in [0.4, 0.5) is 0 Å². The van der Waals surface area contributed by atoms with Crippen LogP contribution in [0.2, 0.25) is 0 Å². The van der Waals surface area contributed by atoms with E-state index in [9.17, 15) is 0 Å².